The van der Waals surface area contributed by atoms with Crippen LogP contribution in [0.5, 0.6) is 0 Å². The molecule has 0 amide bonds. The van der Waals surface area contributed by atoms with Crippen LogP contribution in [0.4, 0.5) is 5.69 Å². The standard InChI is InChI=1S/C24H18N2/c25-18-15-13-17(14-16-18)20-10-6-12-23-24(20)21-9-4-5-11-22(21)26(23)19-7-2-1-3-8-19/h1-16H,25H2. The van der Waals surface area contributed by atoms with Crippen molar-refractivity contribution < 1.29 is 0 Å². The second kappa shape index (κ2) is 5.78. The molecule has 0 spiro atoms. The molecule has 0 atom stereocenters. The number of nitrogens with zero attached hydrogens (tertiary/aromatic N) is 1. The Balaban J connectivity index is 1.92. The molecular weight excluding hydrogens is 316 g/mol. The first-order chi connectivity index (χ1) is 12.8. The maximum Gasteiger partial charge on any atom is 0.0547 e. The van der Waals surface area contributed by atoms with E-state index in [9.17, 15) is 0 Å². The quantitative estimate of drug-likeness (QED) is 0.392. The second-order valence-corrected chi connectivity index (χ2v) is 6.51. The van der Waals surface area contributed by atoms with E-state index >= 15 is 0 Å². The lowest BCUT2D eigenvalue weighted by Gasteiger charge is -2.08. The Morgan fingerprint density at radius 1 is 0.577 bits per heavy atom. The van der Waals surface area contributed by atoms with Gasteiger partial charge in [0.1, 0.15) is 0 Å². The molecule has 26 heavy (non-hydrogen) atoms. The number of nitrogen functional groups attached to an aromatic ring is 1. The number of rotatable bonds is 2. The predicted molar refractivity (Wildman–Crippen MR) is 111 cm³/mol. The Morgan fingerprint density at radius 2 is 1.27 bits per heavy atom. The van der Waals surface area contributed by atoms with Gasteiger partial charge in [-0.15, -0.1) is 0 Å². The van der Waals surface area contributed by atoms with E-state index in [1.807, 2.05) is 12.1 Å². The molecule has 4 aromatic carbocycles. The number of aromatic nitrogens is 1. The fourth-order valence-corrected chi connectivity index (χ4v) is 3.78. The summed E-state index contributed by atoms with van der Waals surface area (Å²) in [5.74, 6) is 0. The molecule has 0 unspecified atom stereocenters. The van der Waals surface area contributed by atoms with E-state index in [4.69, 9.17) is 5.73 Å². The molecule has 0 aliphatic carbocycles. The zero-order valence-electron chi connectivity index (χ0n) is 14.3. The van der Waals surface area contributed by atoms with Gasteiger partial charge in [0.05, 0.1) is 11.0 Å². The van der Waals surface area contributed by atoms with Gasteiger partial charge in [-0.2, -0.15) is 0 Å². The van der Waals surface area contributed by atoms with E-state index < -0.39 is 0 Å². The van der Waals surface area contributed by atoms with Crippen LogP contribution in [0, 0.1) is 0 Å². The number of hydrogen-bond acceptors (Lipinski definition) is 1. The highest BCUT2D eigenvalue weighted by Crippen LogP contribution is 2.38. The van der Waals surface area contributed by atoms with Crippen LogP contribution in [-0.2, 0) is 0 Å². The molecule has 0 radical (unpaired) electrons. The van der Waals surface area contributed by atoms with Crippen molar-refractivity contribution in [2.45, 2.75) is 0 Å². The molecule has 2 N–H and O–H groups in total. The summed E-state index contributed by atoms with van der Waals surface area (Å²) in [5.41, 5.74) is 12.7. The SMILES string of the molecule is Nc1ccc(-c2cccc3c2c2ccccc2n3-c2ccccc2)cc1. The summed E-state index contributed by atoms with van der Waals surface area (Å²) in [6.45, 7) is 0. The molecular formula is C24H18N2. The fourth-order valence-electron chi connectivity index (χ4n) is 3.78. The molecule has 0 fully saturated rings. The zero-order chi connectivity index (χ0) is 17.5. The number of benzene rings is 4. The molecule has 124 valence electrons. The fraction of sp³-hybridized carbons (Fsp3) is 0. The molecule has 0 aliphatic heterocycles. The molecule has 0 aliphatic rings. The summed E-state index contributed by atoms with van der Waals surface area (Å²) in [6, 6.07) is 33.8. The average molecular weight is 334 g/mol. The first-order valence-corrected chi connectivity index (χ1v) is 8.76. The molecule has 0 saturated carbocycles. The largest absolute Gasteiger partial charge is 0.399 e. The van der Waals surface area contributed by atoms with Gasteiger partial charge in [-0.05, 0) is 47.5 Å². The van der Waals surface area contributed by atoms with Crippen LogP contribution in [0.3, 0.4) is 0 Å². The summed E-state index contributed by atoms with van der Waals surface area (Å²) in [5, 5.41) is 2.54. The van der Waals surface area contributed by atoms with E-state index in [1.54, 1.807) is 0 Å². The van der Waals surface area contributed by atoms with Gasteiger partial charge < -0.3 is 10.3 Å². The highest BCUT2D eigenvalue weighted by atomic mass is 15.0. The van der Waals surface area contributed by atoms with Crippen LogP contribution in [0.15, 0.2) is 97.1 Å². The van der Waals surface area contributed by atoms with Gasteiger partial charge in [0.15, 0.2) is 0 Å². The average Bonchev–Trinajstić information content (AvgIpc) is 3.04. The van der Waals surface area contributed by atoms with Crippen molar-refractivity contribution in [2.75, 3.05) is 5.73 Å². The molecule has 1 aromatic heterocycles. The molecule has 1 heterocycles. The minimum absolute atomic E-state index is 0.785. The topological polar surface area (TPSA) is 30.9 Å². The molecule has 2 heteroatoms. The minimum atomic E-state index is 0.785. The van der Waals surface area contributed by atoms with Crippen LogP contribution in [0.25, 0.3) is 38.6 Å². The Kier molecular flexibility index (Phi) is 3.29. The summed E-state index contributed by atoms with van der Waals surface area (Å²) in [4.78, 5) is 0. The number of nitrogens with two attached hydrogens (primary N) is 1. The monoisotopic (exact) mass is 334 g/mol. The maximum absolute atomic E-state index is 5.88. The number of hydrogen-bond donors (Lipinski definition) is 1. The summed E-state index contributed by atoms with van der Waals surface area (Å²) in [6.07, 6.45) is 0. The summed E-state index contributed by atoms with van der Waals surface area (Å²) >= 11 is 0. The van der Waals surface area contributed by atoms with Crippen molar-refractivity contribution in [1.82, 2.24) is 4.57 Å². The number of fused-ring (bicyclic) bond motifs is 3. The normalized spacial score (nSPS) is 11.2. The van der Waals surface area contributed by atoms with Gasteiger partial charge in [-0.25, -0.2) is 0 Å². The summed E-state index contributed by atoms with van der Waals surface area (Å²) in [7, 11) is 0. The lowest BCUT2D eigenvalue weighted by Crippen LogP contribution is -1.92. The molecule has 0 bridgehead atoms. The Labute approximate surface area is 152 Å². The van der Waals surface area contributed by atoms with Gasteiger partial charge in [-0.1, -0.05) is 60.7 Å². The van der Waals surface area contributed by atoms with Gasteiger partial charge >= 0.3 is 0 Å². The first kappa shape index (κ1) is 14.8. The zero-order valence-corrected chi connectivity index (χ0v) is 14.3. The van der Waals surface area contributed by atoms with E-state index in [0.29, 0.717) is 0 Å². The van der Waals surface area contributed by atoms with Crippen LogP contribution in [0.2, 0.25) is 0 Å². The van der Waals surface area contributed by atoms with Gasteiger partial charge in [0.2, 0.25) is 0 Å². The highest BCUT2D eigenvalue weighted by Gasteiger charge is 2.15. The highest BCUT2D eigenvalue weighted by molar-refractivity contribution is 6.15. The number of anilines is 1. The van der Waals surface area contributed by atoms with Crippen molar-refractivity contribution in [3.05, 3.63) is 97.1 Å². The van der Waals surface area contributed by atoms with Gasteiger partial charge in [0.25, 0.3) is 0 Å². The van der Waals surface area contributed by atoms with Crippen LogP contribution < -0.4 is 5.73 Å². The van der Waals surface area contributed by atoms with Crippen molar-refractivity contribution in [3.8, 4) is 16.8 Å². The lowest BCUT2D eigenvalue weighted by atomic mass is 9.99. The molecule has 5 aromatic rings. The third-order valence-electron chi connectivity index (χ3n) is 4.93. The third-order valence-corrected chi connectivity index (χ3v) is 4.93. The van der Waals surface area contributed by atoms with Crippen molar-refractivity contribution in [1.29, 1.82) is 0 Å². The predicted octanol–water partition coefficient (Wildman–Crippen LogP) is 6.03. The van der Waals surface area contributed by atoms with Crippen molar-refractivity contribution >= 4 is 27.5 Å². The van der Waals surface area contributed by atoms with E-state index in [2.05, 4.69) is 89.5 Å². The Bertz CT molecular complexity index is 1220. The maximum atomic E-state index is 5.88. The Morgan fingerprint density at radius 3 is 2.08 bits per heavy atom. The lowest BCUT2D eigenvalue weighted by molar-refractivity contribution is 1.18. The van der Waals surface area contributed by atoms with Gasteiger partial charge in [-0.3, -0.25) is 0 Å². The van der Waals surface area contributed by atoms with Crippen LogP contribution >= 0.6 is 0 Å². The Hall–Kier alpha value is -3.52. The van der Waals surface area contributed by atoms with Gasteiger partial charge in [0, 0.05) is 22.1 Å². The molecule has 0 saturated heterocycles. The smallest absolute Gasteiger partial charge is 0.0547 e. The summed E-state index contributed by atoms with van der Waals surface area (Å²) < 4.78 is 2.34. The van der Waals surface area contributed by atoms with E-state index in [1.165, 1.54) is 38.6 Å². The second-order valence-electron chi connectivity index (χ2n) is 6.51. The third kappa shape index (κ3) is 2.20. The van der Waals surface area contributed by atoms with E-state index in [0.717, 1.165) is 5.69 Å². The molecule has 2 nitrogen and oxygen atoms in total. The first-order valence-electron chi connectivity index (χ1n) is 8.76. The molecule has 5 rings (SSSR count). The van der Waals surface area contributed by atoms with Crippen molar-refractivity contribution in [2.24, 2.45) is 0 Å². The van der Waals surface area contributed by atoms with E-state index in [-0.39, 0.29) is 0 Å². The van der Waals surface area contributed by atoms with Crippen molar-refractivity contribution in [3.63, 3.8) is 0 Å². The minimum Gasteiger partial charge on any atom is -0.399 e. The van der Waals surface area contributed by atoms with Crippen LogP contribution in [-0.4, -0.2) is 4.57 Å². The van der Waals surface area contributed by atoms with Crippen LogP contribution in [0.1, 0.15) is 0 Å². The number of para-hydroxylation sites is 2.